The lowest BCUT2D eigenvalue weighted by Crippen LogP contribution is -2.34. The first-order chi connectivity index (χ1) is 5.20. The number of carboxylic acids is 1. The van der Waals surface area contributed by atoms with Crippen molar-refractivity contribution in [3.05, 3.63) is 0 Å². The molecule has 1 saturated heterocycles. The van der Waals surface area contributed by atoms with Crippen LogP contribution in [-0.2, 0) is 9.53 Å². The standard InChI is InChI=1S/C8H14O3/c1-3-5(8(9)10)7-6(4-2)11-7/h5-7H,3-4H2,1-2H3,(H,9,10)/p-1. The van der Waals surface area contributed by atoms with Gasteiger partial charge in [-0.2, -0.15) is 0 Å². The molecule has 3 nitrogen and oxygen atoms in total. The van der Waals surface area contributed by atoms with E-state index in [-0.39, 0.29) is 12.2 Å². The highest BCUT2D eigenvalue weighted by atomic mass is 16.6. The summed E-state index contributed by atoms with van der Waals surface area (Å²) in [4.78, 5) is 10.5. The van der Waals surface area contributed by atoms with Crippen LogP contribution in [-0.4, -0.2) is 18.2 Å². The van der Waals surface area contributed by atoms with Crippen LogP contribution >= 0.6 is 0 Å². The molecule has 1 aliphatic heterocycles. The molecule has 3 atom stereocenters. The third-order valence-corrected chi connectivity index (χ3v) is 2.16. The number of ether oxygens (including phenoxy) is 1. The molecule has 0 amide bonds. The van der Waals surface area contributed by atoms with E-state index in [1.54, 1.807) is 0 Å². The molecule has 3 unspecified atom stereocenters. The third-order valence-electron chi connectivity index (χ3n) is 2.16. The zero-order valence-electron chi connectivity index (χ0n) is 6.87. The summed E-state index contributed by atoms with van der Waals surface area (Å²) in [5, 5.41) is 10.5. The maximum absolute atomic E-state index is 10.5. The van der Waals surface area contributed by atoms with Crippen molar-refractivity contribution < 1.29 is 14.6 Å². The summed E-state index contributed by atoms with van der Waals surface area (Å²) >= 11 is 0. The van der Waals surface area contributed by atoms with Gasteiger partial charge in [-0.15, -0.1) is 0 Å². The van der Waals surface area contributed by atoms with Gasteiger partial charge in [-0.05, 0) is 12.8 Å². The molecule has 1 heterocycles. The Morgan fingerprint density at radius 1 is 1.64 bits per heavy atom. The molecule has 0 saturated carbocycles. The van der Waals surface area contributed by atoms with Crippen molar-refractivity contribution in [1.82, 2.24) is 0 Å². The van der Waals surface area contributed by atoms with E-state index in [2.05, 4.69) is 0 Å². The number of rotatable bonds is 4. The second kappa shape index (κ2) is 3.22. The highest BCUT2D eigenvalue weighted by Crippen LogP contribution is 2.33. The van der Waals surface area contributed by atoms with Crippen molar-refractivity contribution in [2.75, 3.05) is 0 Å². The number of carbonyl (C=O) groups is 1. The molecule has 0 aromatic heterocycles. The molecule has 3 heteroatoms. The lowest BCUT2D eigenvalue weighted by atomic mass is 10.00. The summed E-state index contributed by atoms with van der Waals surface area (Å²) in [5.41, 5.74) is 0. The van der Waals surface area contributed by atoms with Gasteiger partial charge in [-0.3, -0.25) is 0 Å². The van der Waals surface area contributed by atoms with Gasteiger partial charge in [0.2, 0.25) is 0 Å². The Kier molecular flexibility index (Phi) is 2.49. The Balaban J connectivity index is 2.40. The molecule has 0 aromatic rings. The van der Waals surface area contributed by atoms with Gasteiger partial charge in [0.25, 0.3) is 0 Å². The van der Waals surface area contributed by atoms with Crippen LogP contribution in [0.3, 0.4) is 0 Å². The van der Waals surface area contributed by atoms with Crippen LogP contribution in [0.5, 0.6) is 0 Å². The Morgan fingerprint density at radius 2 is 2.27 bits per heavy atom. The highest BCUT2D eigenvalue weighted by Gasteiger charge is 2.42. The molecule has 11 heavy (non-hydrogen) atoms. The summed E-state index contributed by atoms with van der Waals surface area (Å²) in [6.45, 7) is 3.83. The van der Waals surface area contributed by atoms with E-state index in [1.165, 1.54) is 0 Å². The zero-order chi connectivity index (χ0) is 8.43. The molecule has 0 N–H and O–H groups in total. The first kappa shape index (κ1) is 8.53. The molecule has 0 radical (unpaired) electrons. The monoisotopic (exact) mass is 157 g/mol. The molecule has 0 aliphatic carbocycles. The zero-order valence-corrected chi connectivity index (χ0v) is 6.87. The maximum Gasteiger partial charge on any atom is 0.0921 e. The molecule has 0 bridgehead atoms. The average Bonchev–Trinajstić information content (AvgIpc) is 2.68. The quantitative estimate of drug-likeness (QED) is 0.537. The van der Waals surface area contributed by atoms with Crippen LogP contribution in [0.15, 0.2) is 0 Å². The molecule has 1 rings (SSSR count). The lowest BCUT2D eigenvalue weighted by Gasteiger charge is -2.12. The Bertz CT molecular complexity index is 155. The van der Waals surface area contributed by atoms with Crippen LogP contribution in [0.25, 0.3) is 0 Å². The first-order valence-corrected chi connectivity index (χ1v) is 4.07. The fourth-order valence-corrected chi connectivity index (χ4v) is 1.37. The van der Waals surface area contributed by atoms with E-state index in [0.29, 0.717) is 6.42 Å². The van der Waals surface area contributed by atoms with E-state index in [9.17, 15) is 9.90 Å². The van der Waals surface area contributed by atoms with Gasteiger partial charge < -0.3 is 14.6 Å². The van der Waals surface area contributed by atoms with Crippen LogP contribution in [0.4, 0.5) is 0 Å². The largest absolute Gasteiger partial charge is 0.550 e. The van der Waals surface area contributed by atoms with Crippen molar-refractivity contribution in [1.29, 1.82) is 0 Å². The summed E-state index contributed by atoms with van der Waals surface area (Å²) in [7, 11) is 0. The molecule has 1 aliphatic rings. The van der Waals surface area contributed by atoms with Crippen molar-refractivity contribution in [2.45, 2.75) is 38.9 Å². The normalized spacial score (nSPS) is 31.5. The first-order valence-electron chi connectivity index (χ1n) is 4.07. The fraction of sp³-hybridized carbons (Fsp3) is 0.875. The third kappa shape index (κ3) is 1.71. The van der Waals surface area contributed by atoms with Gasteiger partial charge in [0.05, 0.1) is 12.2 Å². The van der Waals surface area contributed by atoms with E-state index < -0.39 is 11.9 Å². The molecule has 0 aromatic carbocycles. The van der Waals surface area contributed by atoms with Gasteiger partial charge in [-0.25, -0.2) is 0 Å². The van der Waals surface area contributed by atoms with E-state index in [0.717, 1.165) is 6.42 Å². The number of hydrogen-bond acceptors (Lipinski definition) is 3. The number of epoxide rings is 1. The van der Waals surface area contributed by atoms with Crippen molar-refractivity contribution >= 4 is 5.97 Å². The van der Waals surface area contributed by atoms with E-state index in [4.69, 9.17) is 4.74 Å². The van der Waals surface area contributed by atoms with Crippen molar-refractivity contribution in [2.24, 2.45) is 5.92 Å². The molecule has 0 spiro atoms. The second-order valence-corrected chi connectivity index (χ2v) is 2.88. The topological polar surface area (TPSA) is 52.7 Å². The number of carbonyl (C=O) groups excluding carboxylic acids is 1. The molecule has 1 fully saturated rings. The van der Waals surface area contributed by atoms with Crippen molar-refractivity contribution in [3.8, 4) is 0 Å². The molecule has 64 valence electrons. The Morgan fingerprint density at radius 3 is 2.55 bits per heavy atom. The van der Waals surface area contributed by atoms with E-state index >= 15 is 0 Å². The molecular weight excluding hydrogens is 144 g/mol. The minimum absolute atomic E-state index is 0.0741. The second-order valence-electron chi connectivity index (χ2n) is 2.88. The van der Waals surface area contributed by atoms with Gasteiger partial charge in [0.1, 0.15) is 0 Å². The SMILES string of the molecule is CCC1OC1C(CC)C(=O)[O-]. The summed E-state index contributed by atoms with van der Waals surface area (Å²) < 4.78 is 5.16. The number of carboxylic acid groups (broad SMARTS) is 1. The maximum atomic E-state index is 10.5. The summed E-state index contributed by atoms with van der Waals surface area (Å²) in [6.07, 6.45) is 1.59. The smallest absolute Gasteiger partial charge is 0.0921 e. The Hall–Kier alpha value is -0.570. The van der Waals surface area contributed by atoms with Gasteiger partial charge in [0.15, 0.2) is 0 Å². The van der Waals surface area contributed by atoms with Crippen LogP contribution in [0.1, 0.15) is 26.7 Å². The van der Waals surface area contributed by atoms with E-state index in [1.807, 2.05) is 13.8 Å². The number of hydrogen-bond donors (Lipinski definition) is 0. The Labute approximate surface area is 66.4 Å². The average molecular weight is 157 g/mol. The predicted octanol–water partition coefficient (Wildman–Crippen LogP) is -0.0601. The van der Waals surface area contributed by atoms with Gasteiger partial charge >= 0.3 is 0 Å². The lowest BCUT2D eigenvalue weighted by molar-refractivity contribution is -0.312. The summed E-state index contributed by atoms with van der Waals surface area (Å²) in [6, 6.07) is 0. The van der Waals surface area contributed by atoms with Crippen LogP contribution < -0.4 is 5.11 Å². The number of aliphatic carboxylic acids is 1. The minimum atomic E-state index is -0.978. The van der Waals surface area contributed by atoms with Crippen molar-refractivity contribution in [3.63, 3.8) is 0 Å². The van der Waals surface area contributed by atoms with Crippen LogP contribution in [0.2, 0.25) is 0 Å². The fourth-order valence-electron chi connectivity index (χ4n) is 1.37. The van der Waals surface area contributed by atoms with Crippen LogP contribution in [0, 0.1) is 5.92 Å². The van der Waals surface area contributed by atoms with Gasteiger partial charge in [0, 0.05) is 11.9 Å². The highest BCUT2D eigenvalue weighted by molar-refractivity contribution is 5.68. The predicted molar refractivity (Wildman–Crippen MR) is 37.7 cm³/mol. The minimum Gasteiger partial charge on any atom is -0.550 e. The van der Waals surface area contributed by atoms with Gasteiger partial charge in [-0.1, -0.05) is 13.8 Å². The summed E-state index contributed by atoms with van der Waals surface area (Å²) in [5.74, 6) is -1.38. The molecular formula is C8H13O3-.